The molecule has 3 aromatic rings. The highest BCUT2D eigenvalue weighted by molar-refractivity contribution is 7.20. The molecule has 0 aliphatic carbocycles. The lowest BCUT2D eigenvalue weighted by Crippen LogP contribution is -2.26. The highest BCUT2D eigenvalue weighted by atomic mass is 32.1. The molecule has 0 radical (unpaired) electrons. The van der Waals surface area contributed by atoms with E-state index in [1.807, 2.05) is 12.1 Å². The molecule has 0 saturated carbocycles. The van der Waals surface area contributed by atoms with Crippen molar-refractivity contribution in [3.63, 3.8) is 0 Å². The smallest absolute Gasteiger partial charge is 0.267 e. The van der Waals surface area contributed by atoms with E-state index < -0.39 is 0 Å². The van der Waals surface area contributed by atoms with Gasteiger partial charge in [0.25, 0.3) is 5.91 Å². The van der Waals surface area contributed by atoms with Gasteiger partial charge in [0.1, 0.15) is 5.58 Å². The minimum atomic E-state index is -0.153. The second-order valence-electron chi connectivity index (χ2n) is 5.45. The number of hydrogen-bond acceptors (Lipinski definition) is 5. The van der Waals surface area contributed by atoms with Crippen molar-refractivity contribution in [1.29, 1.82) is 0 Å². The van der Waals surface area contributed by atoms with Crippen LogP contribution in [0.5, 0.6) is 0 Å². The number of hydrogen-bond donors (Lipinski definition) is 3. The van der Waals surface area contributed by atoms with Gasteiger partial charge < -0.3 is 15.1 Å². The maximum Gasteiger partial charge on any atom is 0.267 e. The molecule has 0 spiro atoms. The predicted octanol–water partition coefficient (Wildman–Crippen LogP) is 2.94. The van der Waals surface area contributed by atoms with Crippen molar-refractivity contribution in [1.82, 2.24) is 15.5 Å². The van der Waals surface area contributed by atoms with Gasteiger partial charge in [-0.2, -0.15) is 5.10 Å². The second-order valence-corrected chi connectivity index (χ2v) is 6.53. The van der Waals surface area contributed by atoms with E-state index in [4.69, 9.17) is 4.42 Å². The van der Waals surface area contributed by atoms with Crippen molar-refractivity contribution in [3.05, 3.63) is 35.0 Å². The SMILES string of the molecule is O=C(Nc1cc(C2CCNCC2)[nH]n1)c1cc2occc2s1. The molecular formula is C15H16N4O2S. The Morgan fingerprint density at radius 3 is 3.05 bits per heavy atom. The number of thiophene rings is 1. The standard InChI is InChI=1S/C15H16N4O2S/c20-15(13-8-11-12(22-13)3-6-21-11)17-14-7-10(18-19-14)9-1-4-16-5-2-9/h3,6-9,16H,1-2,4-5H2,(H2,17,18,19,20). The predicted molar refractivity (Wildman–Crippen MR) is 85.5 cm³/mol. The van der Waals surface area contributed by atoms with Crippen LogP contribution in [0.3, 0.4) is 0 Å². The molecule has 22 heavy (non-hydrogen) atoms. The number of nitrogens with zero attached hydrogens (tertiary/aromatic N) is 1. The Morgan fingerprint density at radius 1 is 1.36 bits per heavy atom. The van der Waals surface area contributed by atoms with Crippen molar-refractivity contribution >= 4 is 33.3 Å². The molecule has 1 aliphatic heterocycles. The molecule has 0 aromatic carbocycles. The number of aromatic nitrogens is 2. The topological polar surface area (TPSA) is 83.0 Å². The van der Waals surface area contributed by atoms with Crippen LogP contribution in [0.2, 0.25) is 0 Å². The summed E-state index contributed by atoms with van der Waals surface area (Å²) in [5.41, 5.74) is 1.84. The fraction of sp³-hybridized carbons (Fsp3) is 0.333. The lowest BCUT2D eigenvalue weighted by Gasteiger charge is -2.20. The van der Waals surface area contributed by atoms with E-state index in [0.29, 0.717) is 16.6 Å². The quantitative estimate of drug-likeness (QED) is 0.694. The normalized spacial score (nSPS) is 16.2. The summed E-state index contributed by atoms with van der Waals surface area (Å²) < 4.78 is 6.26. The fourth-order valence-electron chi connectivity index (χ4n) is 2.80. The van der Waals surface area contributed by atoms with Crippen molar-refractivity contribution in [2.45, 2.75) is 18.8 Å². The van der Waals surface area contributed by atoms with Gasteiger partial charge in [0, 0.05) is 23.7 Å². The molecule has 1 amide bonds. The van der Waals surface area contributed by atoms with Gasteiger partial charge >= 0.3 is 0 Å². The summed E-state index contributed by atoms with van der Waals surface area (Å²) in [6.45, 7) is 2.05. The van der Waals surface area contributed by atoms with E-state index >= 15 is 0 Å². The molecule has 1 fully saturated rings. The minimum Gasteiger partial charge on any atom is -0.463 e. The Labute approximate surface area is 130 Å². The van der Waals surface area contributed by atoms with Gasteiger partial charge in [-0.1, -0.05) is 0 Å². The van der Waals surface area contributed by atoms with E-state index in [-0.39, 0.29) is 5.91 Å². The van der Waals surface area contributed by atoms with Gasteiger partial charge in [0.05, 0.1) is 15.8 Å². The first-order valence-corrected chi connectivity index (χ1v) is 8.15. The van der Waals surface area contributed by atoms with Crippen LogP contribution >= 0.6 is 11.3 Å². The monoisotopic (exact) mass is 316 g/mol. The van der Waals surface area contributed by atoms with Crippen LogP contribution < -0.4 is 10.6 Å². The number of carbonyl (C=O) groups excluding carboxylic acids is 1. The summed E-state index contributed by atoms with van der Waals surface area (Å²) in [5.74, 6) is 0.909. The van der Waals surface area contributed by atoms with E-state index in [9.17, 15) is 4.79 Å². The lowest BCUT2D eigenvalue weighted by molar-refractivity contribution is 0.103. The van der Waals surface area contributed by atoms with E-state index in [1.54, 1.807) is 12.3 Å². The Balaban J connectivity index is 1.47. The maximum absolute atomic E-state index is 12.3. The number of rotatable bonds is 3. The highest BCUT2D eigenvalue weighted by Crippen LogP contribution is 2.28. The average Bonchev–Trinajstić information content (AvgIpc) is 3.23. The molecule has 0 bridgehead atoms. The highest BCUT2D eigenvalue weighted by Gasteiger charge is 2.19. The summed E-state index contributed by atoms with van der Waals surface area (Å²) in [6.07, 6.45) is 3.82. The van der Waals surface area contributed by atoms with Crippen LogP contribution in [0, 0.1) is 0 Å². The maximum atomic E-state index is 12.3. The molecule has 0 unspecified atom stereocenters. The van der Waals surface area contributed by atoms with E-state index in [2.05, 4.69) is 20.8 Å². The molecule has 3 N–H and O–H groups in total. The summed E-state index contributed by atoms with van der Waals surface area (Å²) in [4.78, 5) is 12.9. The molecule has 6 nitrogen and oxygen atoms in total. The van der Waals surface area contributed by atoms with Crippen LogP contribution in [0.15, 0.2) is 28.9 Å². The molecular weight excluding hydrogens is 300 g/mol. The number of carbonyl (C=O) groups is 1. The molecule has 7 heteroatoms. The molecule has 1 aliphatic rings. The zero-order valence-electron chi connectivity index (χ0n) is 11.9. The number of fused-ring (bicyclic) bond motifs is 1. The zero-order chi connectivity index (χ0) is 14.9. The summed E-state index contributed by atoms with van der Waals surface area (Å²) in [7, 11) is 0. The fourth-order valence-corrected chi connectivity index (χ4v) is 3.68. The number of anilines is 1. The molecule has 3 aromatic heterocycles. The third kappa shape index (κ3) is 2.53. The average molecular weight is 316 g/mol. The minimum absolute atomic E-state index is 0.153. The Bertz CT molecular complexity index is 769. The lowest BCUT2D eigenvalue weighted by atomic mass is 9.95. The van der Waals surface area contributed by atoms with Crippen molar-refractivity contribution < 1.29 is 9.21 Å². The first-order valence-electron chi connectivity index (χ1n) is 7.34. The van der Waals surface area contributed by atoms with E-state index in [1.165, 1.54) is 11.3 Å². The molecule has 0 atom stereocenters. The van der Waals surface area contributed by atoms with Gasteiger partial charge in [-0.15, -0.1) is 11.3 Å². The van der Waals surface area contributed by atoms with Crippen LogP contribution in [0.4, 0.5) is 5.82 Å². The van der Waals surface area contributed by atoms with Gasteiger partial charge in [-0.05, 0) is 32.0 Å². The Kier molecular flexibility index (Phi) is 3.44. The molecule has 1 saturated heterocycles. The van der Waals surface area contributed by atoms with Gasteiger partial charge in [0.2, 0.25) is 0 Å². The van der Waals surface area contributed by atoms with Crippen LogP contribution in [0.25, 0.3) is 10.3 Å². The number of amides is 1. The summed E-state index contributed by atoms with van der Waals surface area (Å²) in [6, 6.07) is 5.56. The van der Waals surface area contributed by atoms with Gasteiger partial charge in [-0.3, -0.25) is 9.89 Å². The summed E-state index contributed by atoms with van der Waals surface area (Å²) in [5, 5.41) is 13.4. The van der Waals surface area contributed by atoms with E-state index in [0.717, 1.165) is 41.9 Å². The van der Waals surface area contributed by atoms with Crippen molar-refractivity contribution in [3.8, 4) is 0 Å². The number of aromatic amines is 1. The zero-order valence-corrected chi connectivity index (χ0v) is 12.7. The van der Waals surface area contributed by atoms with Gasteiger partial charge in [-0.25, -0.2) is 0 Å². The number of nitrogens with one attached hydrogen (secondary N) is 3. The first-order chi connectivity index (χ1) is 10.8. The van der Waals surface area contributed by atoms with Crippen LogP contribution in [-0.4, -0.2) is 29.2 Å². The van der Waals surface area contributed by atoms with Gasteiger partial charge in [0.15, 0.2) is 5.82 Å². The largest absolute Gasteiger partial charge is 0.463 e. The Hall–Kier alpha value is -2.12. The number of furan rings is 1. The molecule has 4 heterocycles. The van der Waals surface area contributed by atoms with Crippen molar-refractivity contribution in [2.24, 2.45) is 0 Å². The summed E-state index contributed by atoms with van der Waals surface area (Å²) >= 11 is 1.41. The van der Waals surface area contributed by atoms with Crippen molar-refractivity contribution in [2.75, 3.05) is 18.4 Å². The number of H-pyrrole nitrogens is 1. The second kappa shape index (κ2) is 5.58. The third-order valence-electron chi connectivity index (χ3n) is 3.98. The molecule has 114 valence electrons. The first kappa shape index (κ1) is 13.5. The third-order valence-corrected chi connectivity index (χ3v) is 5.06. The number of piperidine rings is 1. The molecule has 4 rings (SSSR count). The van der Waals surface area contributed by atoms with Crippen LogP contribution in [0.1, 0.15) is 34.1 Å². The van der Waals surface area contributed by atoms with Crippen LogP contribution in [-0.2, 0) is 0 Å². The Morgan fingerprint density at radius 2 is 2.23 bits per heavy atom.